The fourth-order valence-electron chi connectivity index (χ4n) is 1.27. The van der Waals surface area contributed by atoms with Crippen molar-refractivity contribution in [3.05, 3.63) is 35.9 Å². The first kappa shape index (κ1) is 7.27. The van der Waals surface area contributed by atoms with Crippen LogP contribution >= 0.6 is 8.58 Å². The summed E-state index contributed by atoms with van der Waals surface area (Å²) in [6, 6.07) is 10.5. The predicted molar refractivity (Wildman–Crippen MR) is 48.3 cm³/mol. The third-order valence-electron chi connectivity index (χ3n) is 1.82. The van der Waals surface area contributed by atoms with Crippen molar-refractivity contribution in [2.24, 2.45) is 0 Å². The molecule has 0 spiro atoms. The van der Waals surface area contributed by atoms with Gasteiger partial charge in [0.1, 0.15) is 0 Å². The molecule has 2 unspecified atom stereocenters. The molecular formula is C9H11OP. The van der Waals surface area contributed by atoms with Crippen molar-refractivity contribution in [2.75, 3.05) is 12.8 Å². The number of rotatable bonds is 1. The highest BCUT2D eigenvalue weighted by Gasteiger charge is 2.16. The van der Waals surface area contributed by atoms with Gasteiger partial charge in [-0.15, -0.1) is 0 Å². The van der Waals surface area contributed by atoms with Crippen LogP contribution in [0.15, 0.2) is 30.3 Å². The first-order valence-electron chi connectivity index (χ1n) is 3.87. The van der Waals surface area contributed by atoms with E-state index < -0.39 is 0 Å². The maximum atomic E-state index is 5.55. The normalized spacial score (nSPS) is 26.0. The molecule has 58 valence electrons. The van der Waals surface area contributed by atoms with E-state index in [2.05, 4.69) is 24.3 Å². The summed E-state index contributed by atoms with van der Waals surface area (Å²) in [7, 11) is 0.955. The minimum absolute atomic E-state index is 0.399. The van der Waals surface area contributed by atoms with Gasteiger partial charge in [0, 0.05) is 0 Å². The Morgan fingerprint density at radius 2 is 2.09 bits per heavy atom. The molecule has 1 aliphatic heterocycles. The zero-order chi connectivity index (χ0) is 7.52. The van der Waals surface area contributed by atoms with Crippen LogP contribution < -0.4 is 0 Å². The molecule has 0 N–H and O–H groups in total. The monoisotopic (exact) mass is 166 g/mol. The van der Waals surface area contributed by atoms with Crippen molar-refractivity contribution >= 4 is 8.58 Å². The largest absolute Gasteiger partial charge is 0.369 e. The summed E-state index contributed by atoms with van der Waals surface area (Å²) in [5, 5.41) is 0. The molecule has 1 nitrogen and oxygen atoms in total. The van der Waals surface area contributed by atoms with E-state index in [0.717, 1.165) is 15.2 Å². The zero-order valence-electron chi connectivity index (χ0n) is 6.29. The first-order valence-corrected chi connectivity index (χ1v) is 5.15. The molecule has 0 radical (unpaired) electrons. The molecule has 1 aromatic carbocycles. The van der Waals surface area contributed by atoms with Gasteiger partial charge in [0.25, 0.3) is 0 Å². The van der Waals surface area contributed by atoms with Gasteiger partial charge in [-0.1, -0.05) is 38.9 Å². The third kappa shape index (κ3) is 1.61. The summed E-state index contributed by atoms with van der Waals surface area (Å²) in [5.74, 6) is 0.399. The van der Waals surface area contributed by atoms with Crippen LogP contribution in [-0.4, -0.2) is 12.8 Å². The van der Waals surface area contributed by atoms with E-state index >= 15 is 0 Å². The topological polar surface area (TPSA) is 9.23 Å². The predicted octanol–water partition coefficient (Wildman–Crippen LogP) is 2.39. The second-order valence-electron chi connectivity index (χ2n) is 2.62. The molecule has 2 rings (SSSR count). The Labute approximate surface area is 68.5 Å². The highest BCUT2D eigenvalue weighted by molar-refractivity contribution is 7.38. The zero-order valence-corrected chi connectivity index (χ0v) is 7.29. The molecular weight excluding hydrogens is 155 g/mol. The molecule has 0 aromatic heterocycles. The SMILES string of the molecule is c1ccc(C2OCCP2)cc1. The van der Waals surface area contributed by atoms with E-state index in [4.69, 9.17) is 4.74 Å². The van der Waals surface area contributed by atoms with Crippen LogP contribution in [0.1, 0.15) is 11.4 Å². The van der Waals surface area contributed by atoms with E-state index in [1.807, 2.05) is 6.07 Å². The van der Waals surface area contributed by atoms with Crippen molar-refractivity contribution in [1.82, 2.24) is 0 Å². The summed E-state index contributed by atoms with van der Waals surface area (Å²) in [5.41, 5.74) is 1.34. The second-order valence-corrected chi connectivity index (χ2v) is 4.05. The first-order chi connectivity index (χ1) is 5.47. The molecule has 1 fully saturated rings. The van der Waals surface area contributed by atoms with Gasteiger partial charge in [0.15, 0.2) is 0 Å². The van der Waals surface area contributed by atoms with Crippen LogP contribution in [0.2, 0.25) is 0 Å². The maximum absolute atomic E-state index is 5.55. The van der Waals surface area contributed by atoms with Gasteiger partial charge in [-0.05, 0) is 11.7 Å². The number of hydrogen-bond donors (Lipinski definition) is 0. The molecule has 1 aliphatic rings. The summed E-state index contributed by atoms with van der Waals surface area (Å²) in [6.45, 7) is 0.942. The van der Waals surface area contributed by atoms with Crippen molar-refractivity contribution < 1.29 is 4.74 Å². The smallest absolute Gasteiger partial charge is 0.0985 e. The van der Waals surface area contributed by atoms with E-state index in [0.29, 0.717) is 5.85 Å². The maximum Gasteiger partial charge on any atom is 0.0985 e. The number of benzene rings is 1. The van der Waals surface area contributed by atoms with E-state index in [9.17, 15) is 0 Å². The summed E-state index contributed by atoms with van der Waals surface area (Å²) in [6.07, 6.45) is 1.24. The molecule has 0 saturated carbocycles. The quantitative estimate of drug-likeness (QED) is 0.582. The Hall–Kier alpha value is -0.390. The average Bonchev–Trinajstić information content (AvgIpc) is 2.58. The summed E-state index contributed by atoms with van der Waals surface area (Å²) < 4.78 is 5.55. The molecule has 0 aliphatic carbocycles. The molecule has 1 aromatic rings. The fourth-order valence-corrected chi connectivity index (χ4v) is 2.43. The van der Waals surface area contributed by atoms with Crippen molar-refractivity contribution in [3.8, 4) is 0 Å². The minimum Gasteiger partial charge on any atom is -0.369 e. The Kier molecular flexibility index (Phi) is 2.21. The highest BCUT2D eigenvalue weighted by Crippen LogP contribution is 2.39. The lowest BCUT2D eigenvalue weighted by atomic mass is 10.2. The van der Waals surface area contributed by atoms with Gasteiger partial charge >= 0.3 is 0 Å². The molecule has 0 amide bonds. The Bertz CT molecular complexity index is 216. The Morgan fingerprint density at radius 1 is 1.27 bits per heavy atom. The lowest BCUT2D eigenvalue weighted by Crippen LogP contribution is -1.90. The molecule has 0 bridgehead atoms. The van der Waals surface area contributed by atoms with E-state index in [-0.39, 0.29) is 0 Å². The van der Waals surface area contributed by atoms with Crippen molar-refractivity contribution in [3.63, 3.8) is 0 Å². The molecule has 2 atom stereocenters. The Balaban J connectivity index is 2.16. The van der Waals surface area contributed by atoms with E-state index in [1.165, 1.54) is 11.7 Å². The van der Waals surface area contributed by atoms with Gasteiger partial charge in [-0.2, -0.15) is 0 Å². The third-order valence-corrected chi connectivity index (χ3v) is 3.18. The lowest BCUT2D eigenvalue weighted by Gasteiger charge is -2.07. The molecule has 11 heavy (non-hydrogen) atoms. The van der Waals surface area contributed by atoms with Crippen LogP contribution in [0.25, 0.3) is 0 Å². The van der Waals surface area contributed by atoms with Gasteiger partial charge in [-0.25, -0.2) is 0 Å². The van der Waals surface area contributed by atoms with Crippen LogP contribution in [0.4, 0.5) is 0 Å². The van der Waals surface area contributed by atoms with Crippen LogP contribution in [-0.2, 0) is 4.74 Å². The van der Waals surface area contributed by atoms with Crippen molar-refractivity contribution in [1.29, 1.82) is 0 Å². The minimum atomic E-state index is 0.399. The standard InChI is InChI=1S/C9H11OP/c1-2-4-8(5-3-1)9-10-6-7-11-9/h1-5,9,11H,6-7H2. The van der Waals surface area contributed by atoms with Gasteiger partial charge in [0.05, 0.1) is 12.5 Å². The van der Waals surface area contributed by atoms with Crippen LogP contribution in [0, 0.1) is 0 Å². The second kappa shape index (κ2) is 3.34. The molecule has 1 saturated heterocycles. The highest BCUT2D eigenvalue weighted by atomic mass is 31.1. The summed E-state index contributed by atoms with van der Waals surface area (Å²) in [4.78, 5) is 0. The van der Waals surface area contributed by atoms with Crippen LogP contribution in [0.5, 0.6) is 0 Å². The summed E-state index contributed by atoms with van der Waals surface area (Å²) >= 11 is 0. The van der Waals surface area contributed by atoms with Gasteiger partial charge in [0.2, 0.25) is 0 Å². The number of ether oxygens (including phenoxy) is 1. The number of hydrogen-bond acceptors (Lipinski definition) is 1. The fraction of sp³-hybridized carbons (Fsp3) is 0.333. The molecule has 1 heterocycles. The lowest BCUT2D eigenvalue weighted by molar-refractivity contribution is 0.144. The van der Waals surface area contributed by atoms with E-state index in [1.54, 1.807) is 0 Å². The van der Waals surface area contributed by atoms with Crippen molar-refractivity contribution in [2.45, 2.75) is 5.85 Å². The Morgan fingerprint density at radius 3 is 2.73 bits per heavy atom. The van der Waals surface area contributed by atoms with Gasteiger partial charge < -0.3 is 4.74 Å². The van der Waals surface area contributed by atoms with Crippen LogP contribution in [0.3, 0.4) is 0 Å². The van der Waals surface area contributed by atoms with Gasteiger partial charge in [-0.3, -0.25) is 0 Å². The average molecular weight is 166 g/mol. The molecule has 2 heteroatoms.